The fourth-order valence-electron chi connectivity index (χ4n) is 2.10. The molecule has 0 bridgehead atoms. The summed E-state index contributed by atoms with van der Waals surface area (Å²) >= 11 is 1.14. The van der Waals surface area contributed by atoms with Crippen LogP contribution in [0.4, 0.5) is 8.78 Å². The molecule has 1 heterocycles. The molecule has 0 amide bonds. The normalized spacial score (nSPS) is 10.8. The number of halogens is 2. The molecule has 0 aliphatic rings. The highest BCUT2D eigenvalue weighted by Gasteiger charge is 2.15. The first-order valence-electron chi connectivity index (χ1n) is 7.30. The van der Waals surface area contributed by atoms with Gasteiger partial charge < -0.3 is 9.15 Å². The smallest absolute Gasteiger partial charge is 0.277 e. The fourth-order valence-corrected chi connectivity index (χ4v) is 2.84. The first-order valence-corrected chi connectivity index (χ1v) is 8.29. The second-order valence-electron chi connectivity index (χ2n) is 4.80. The fraction of sp³-hybridized carbons (Fsp3) is 0.176. The van der Waals surface area contributed by atoms with E-state index in [0.29, 0.717) is 23.8 Å². The van der Waals surface area contributed by atoms with Gasteiger partial charge in [-0.05, 0) is 25.1 Å². The van der Waals surface area contributed by atoms with E-state index in [9.17, 15) is 8.78 Å². The van der Waals surface area contributed by atoms with E-state index in [0.717, 1.165) is 17.8 Å². The molecular formula is C17H14F2N2O2S. The van der Waals surface area contributed by atoms with Crippen LogP contribution in [-0.4, -0.2) is 16.8 Å². The lowest BCUT2D eigenvalue weighted by Gasteiger charge is -2.06. The second-order valence-corrected chi connectivity index (χ2v) is 5.73. The Hall–Kier alpha value is -2.41. The molecule has 0 aliphatic carbocycles. The van der Waals surface area contributed by atoms with Crippen LogP contribution >= 0.6 is 11.8 Å². The van der Waals surface area contributed by atoms with E-state index < -0.39 is 11.6 Å². The Labute approximate surface area is 141 Å². The van der Waals surface area contributed by atoms with Crippen LogP contribution in [0.15, 0.2) is 52.1 Å². The Morgan fingerprint density at radius 2 is 1.92 bits per heavy atom. The van der Waals surface area contributed by atoms with Crippen molar-refractivity contribution >= 4 is 11.8 Å². The van der Waals surface area contributed by atoms with Crippen molar-refractivity contribution in [2.24, 2.45) is 0 Å². The maximum absolute atomic E-state index is 13.6. The number of para-hydroxylation sites is 1. The first-order chi connectivity index (χ1) is 11.7. The SMILES string of the molecule is CCOc1ccccc1-c1nnc(SCc2cccc(F)c2F)o1. The molecule has 24 heavy (non-hydrogen) atoms. The minimum absolute atomic E-state index is 0.193. The molecule has 0 N–H and O–H groups in total. The zero-order valence-electron chi connectivity index (χ0n) is 12.8. The van der Waals surface area contributed by atoms with Crippen molar-refractivity contribution in [3.63, 3.8) is 0 Å². The predicted octanol–water partition coefficient (Wildman–Crippen LogP) is 4.71. The van der Waals surface area contributed by atoms with Crippen LogP contribution < -0.4 is 4.74 Å². The summed E-state index contributed by atoms with van der Waals surface area (Å²) in [5.74, 6) is -0.563. The Bertz CT molecular complexity index is 839. The highest BCUT2D eigenvalue weighted by Crippen LogP contribution is 2.31. The lowest BCUT2D eigenvalue weighted by molar-refractivity contribution is 0.340. The summed E-state index contributed by atoms with van der Waals surface area (Å²) in [5, 5.41) is 8.21. The quantitative estimate of drug-likeness (QED) is 0.604. The summed E-state index contributed by atoms with van der Waals surface area (Å²) in [6, 6.07) is 11.4. The molecule has 0 spiro atoms. The topological polar surface area (TPSA) is 48.2 Å². The predicted molar refractivity (Wildman–Crippen MR) is 86.8 cm³/mol. The molecule has 0 saturated heterocycles. The lowest BCUT2D eigenvalue weighted by Crippen LogP contribution is -1.93. The average molecular weight is 348 g/mol. The lowest BCUT2D eigenvalue weighted by atomic mass is 10.2. The van der Waals surface area contributed by atoms with E-state index >= 15 is 0 Å². The van der Waals surface area contributed by atoms with Gasteiger partial charge in [-0.2, -0.15) is 0 Å². The monoisotopic (exact) mass is 348 g/mol. The van der Waals surface area contributed by atoms with Gasteiger partial charge in [0.25, 0.3) is 11.1 Å². The van der Waals surface area contributed by atoms with Crippen molar-refractivity contribution in [3.05, 3.63) is 59.7 Å². The third-order valence-corrected chi connectivity index (χ3v) is 4.07. The number of ether oxygens (including phenoxy) is 1. The van der Waals surface area contributed by atoms with E-state index in [1.165, 1.54) is 12.1 Å². The molecule has 0 saturated carbocycles. The number of aromatic nitrogens is 2. The molecule has 3 rings (SSSR count). The third-order valence-electron chi connectivity index (χ3n) is 3.21. The molecule has 7 heteroatoms. The molecule has 2 aromatic carbocycles. The van der Waals surface area contributed by atoms with Crippen LogP contribution in [0.3, 0.4) is 0 Å². The van der Waals surface area contributed by atoms with Gasteiger partial charge in [0.2, 0.25) is 0 Å². The zero-order chi connectivity index (χ0) is 16.9. The van der Waals surface area contributed by atoms with Crippen molar-refractivity contribution < 1.29 is 17.9 Å². The van der Waals surface area contributed by atoms with Crippen molar-refractivity contribution in [2.45, 2.75) is 17.9 Å². The summed E-state index contributed by atoms with van der Waals surface area (Å²) < 4.78 is 38.0. The minimum atomic E-state index is -0.870. The summed E-state index contributed by atoms with van der Waals surface area (Å²) in [6.45, 7) is 2.41. The molecule has 0 unspecified atom stereocenters. The molecule has 0 fully saturated rings. The number of benzene rings is 2. The molecule has 4 nitrogen and oxygen atoms in total. The van der Waals surface area contributed by atoms with Crippen LogP contribution in [0, 0.1) is 11.6 Å². The number of hydrogen-bond acceptors (Lipinski definition) is 5. The van der Waals surface area contributed by atoms with Gasteiger partial charge >= 0.3 is 0 Å². The third kappa shape index (κ3) is 3.56. The van der Waals surface area contributed by atoms with E-state index in [2.05, 4.69) is 10.2 Å². The van der Waals surface area contributed by atoms with Crippen LogP contribution in [0.1, 0.15) is 12.5 Å². The largest absolute Gasteiger partial charge is 0.493 e. The summed E-state index contributed by atoms with van der Waals surface area (Å²) in [4.78, 5) is 0. The van der Waals surface area contributed by atoms with Crippen molar-refractivity contribution in [1.82, 2.24) is 10.2 Å². The second kappa shape index (κ2) is 7.44. The van der Waals surface area contributed by atoms with Gasteiger partial charge in [0, 0.05) is 11.3 Å². The van der Waals surface area contributed by atoms with Gasteiger partial charge in [-0.25, -0.2) is 8.78 Å². The van der Waals surface area contributed by atoms with Gasteiger partial charge in [-0.15, -0.1) is 10.2 Å². The molecule has 0 aliphatic heterocycles. The van der Waals surface area contributed by atoms with E-state index in [1.54, 1.807) is 0 Å². The molecule has 1 aromatic heterocycles. The molecule has 3 aromatic rings. The van der Waals surface area contributed by atoms with E-state index in [-0.39, 0.29) is 16.5 Å². The number of thioether (sulfide) groups is 1. The van der Waals surface area contributed by atoms with Crippen LogP contribution in [-0.2, 0) is 5.75 Å². The van der Waals surface area contributed by atoms with Gasteiger partial charge in [0.05, 0.1) is 12.2 Å². The standard InChI is InChI=1S/C17H14F2N2O2S/c1-2-22-14-9-4-3-7-12(14)16-20-21-17(23-16)24-10-11-6-5-8-13(18)15(11)19/h3-9H,2,10H2,1H3. The van der Waals surface area contributed by atoms with Crippen LogP contribution in [0.2, 0.25) is 0 Å². The number of rotatable bonds is 6. The Balaban J connectivity index is 1.76. The Morgan fingerprint density at radius 1 is 1.08 bits per heavy atom. The maximum Gasteiger partial charge on any atom is 0.277 e. The van der Waals surface area contributed by atoms with Gasteiger partial charge in [-0.1, -0.05) is 36.0 Å². The van der Waals surface area contributed by atoms with Gasteiger partial charge in [-0.3, -0.25) is 0 Å². The average Bonchev–Trinajstić information content (AvgIpc) is 3.06. The van der Waals surface area contributed by atoms with Crippen molar-refractivity contribution in [1.29, 1.82) is 0 Å². The number of hydrogen-bond donors (Lipinski definition) is 0. The molecule has 0 atom stereocenters. The first kappa shape index (κ1) is 16.4. The van der Waals surface area contributed by atoms with Gasteiger partial charge in [0.15, 0.2) is 11.6 Å². The molecule has 0 radical (unpaired) electrons. The molecular weight excluding hydrogens is 334 g/mol. The zero-order valence-corrected chi connectivity index (χ0v) is 13.6. The highest BCUT2D eigenvalue weighted by atomic mass is 32.2. The highest BCUT2D eigenvalue weighted by molar-refractivity contribution is 7.98. The Morgan fingerprint density at radius 3 is 2.75 bits per heavy atom. The van der Waals surface area contributed by atoms with Crippen molar-refractivity contribution in [3.8, 4) is 17.2 Å². The van der Waals surface area contributed by atoms with E-state index in [4.69, 9.17) is 9.15 Å². The minimum Gasteiger partial charge on any atom is -0.493 e. The van der Waals surface area contributed by atoms with E-state index in [1.807, 2.05) is 31.2 Å². The van der Waals surface area contributed by atoms with Gasteiger partial charge in [0.1, 0.15) is 5.75 Å². The summed E-state index contributed by atoms with van der Waals surface area (Å²) in [6.07, 6.45) is 0. The Kier molecular flexibility index (Phi) is 5.10. The van der Waals surface area contributed by atoms with Crippen LogP contribution in [0.25, 0.3) is 11.5 Å². The summed E-state index contributed by atoms with van der Waals surface area (Å²) in [5.41, 5.74) is 0.935. The van der Waals surface area contributed by atoms with Crippen molar-refractivity contribution in [2.75, 3.05) is 6.61 Å². The van der Waals surface area contributed by atoms with Crippen LogP contribution in [0.5, 0.6) is 5.75 Å². The maximum atomic E-state index is 13.6. The number of nitrogens with zero attached hydrogens (tertiary/aromatic N) is 2. The summed E-state index contributed by atoms with van der Waals surface area (Å²) in [7, 11) is 0. The molecule has 124 valence electrons.